The third-order valence-electron chi connectivity index (χ3n) is 3.06. The van der Waals surface area contributed by atoms with E-state index in [4.69, 9.17) is 5.73 Å². The summed E-state index contributed by atoms with van der Waals surface area (Å²) < 4.78 is 0. The Morgan fingerprint density at radius 3 is 2.00 bits per heavy atom. The standard InChI is InChI=1S/C14H23NS/c1-10(2)11(3)16-12(4)14(15)13-8-6-5-7-9-13/h5-12,14H,15H2,1-4H3. The van der Waals surface area contributed by atoms with Crippen molar-refractivity contribution in [2.24, 2.45) is 11.7 Å². The third kappa shape index (κ3) is 3.84. The van der Waals surface area contributed by atoms with E-state index in [-0.39, 0.29) is 6.04 Å². The number of benzene rings is 1. The first-order valence-electron chi connectivity index (χ1n) is 5.98. The molecule has 0 heterocycles. The molecule has 0 saturated carbocycles. The van der Waals surface area contributed by atoms with E-state index in [2.05, 4.69) is 52.0 Å². The van der Waals surface area contributed by atoms with Crippen LogP contribution in [0, 0.1) is 5.92 Å². The van der Waals surface area contributed by atoms with Crippen molar-refractivity contribution in [2.45, 2.75) is 44.2 Å². The largest absolute Gasteiger partial charge is 0.323 e. The van der Waals surface area contributed by atoms with Crippen molar-refractivity contribution in [3.63, 3.8) is 0 Å². The molecule has 1 aromatic carbocycles. The molecule has 2 heteroatoms. The molecule has 0 aliphatic carbocycles. The number of nitrogens with two attached hydrogens (primary N) is 1. The van der Waals surface area contributed by atoms with E-state index >= 15 is 0 Å². The third-order valence-corrected chi connectivity index (χ3v) is 4.75. The molecule has 0 radical (unpaired) electrons. The molecule has 0 saturated heterocycles. The van der Waals surface area contributed by atoms with E-state index in [1.165, 1.54) is 5.56 Å². The van der Waals surface area contributed by atoms with Gasteiger partial charge >= 0.3 is 0 Å². The Balaban J connectivity index is 2.58. The first-order valence-corrected chi connectivity index (χ1v) is 6.92. The summed E-state index contributed by atoms with van der Waals surface area (Å²) in [5.41, 5.74) is 7.50. The normalized spacial score (nSPS) is 17.1. The van der Waals surface area contributed by atoms with Crippen LogP contribution in [0.25, 0.3) is 0 Å². The second kappa shape index (κ2) is 6.31. The average molecular weight is 237 g/mol. The van der Waals surface area contributed by atoms with Gasteiger partial charge in [0.15, 0.2) is 0 Å². The number of hydrogen-bond acceptors (Lipinski definition) is 2. The summed E-state index contributed by atoms with van der Waals surface area (Å²) in [7, 11) is 0. The van der Waals surface area contributed by atoms with Gasteiger partial charge < -0.3 is 5.73 Å². The summed E-state index contributed by atoms with van der Waals surface area (Å²) >= 11 is 1.99. The molecule has 2 N–H and O–H groups in total. The molecule has 1 rings (SSSR count). The Morgan fingerprint density at radius 1 is 0.938 bits per heavy atom. The zero-order chi connectivity index (χ0) is 12.1. The average Bonchev–Trinajstić information content (AvgIpc) is 2.28. The molecule has 90 valence electrons. The van der Waals surface area contributed by atoms with E-state index in [0.717, 1.165) is 0 Å². The molecule has 0 aliphatic heterocycles. The van der Waals surface area contributed by atoms with Crippen molar-refractivity contribution >= 4 is 11.8 Å². The molecule has 0 bridgehead atoms. The molecule has 0 fully saturated rings. The van der Waals surface area contributed by atoms with Crippen LogP contribution in [0.3, 0.4) is 0 Å². The lowest BCUT2D eigenvalue weighted by molar-refractivity contribution is 0.631. The molecule has 0 amide bonds. The highest BCUT2D eigenvalue weighted by Crippen LogP contribution is 2.30. The minimum absolute atomic E-state index is 0.132. The van der Waals surface area contributed by atoms with E-state index in [9.17, 15) is 0 Å². The maximum atomic E-state index is 6.27. The van der Waals surface area contributed by atoms with Crippen molar-refractivity contribution in [3.05, 3.63) is 35.9 Å². The molecule has 16 heavy (non-hydrogen) atoms. The van der Waals surface area contributed by atoms with Crippen LogP contribution in [0.1, 0.15) is 39.3 Å². The van der Waals surface area contributed by atoms with Crippen molar-refractivity contribution in [2.75, 3.05) is 0 Å². The van der Waals surface area contributed by atoms with Crippen LogP contribution in [0.15, 0.2) is 30.3 Å². The maximum absolute atomic E-state index is 6.27. The van der Waals surface area contributed by atoms with Gasteiger partial charge in [0.05, 0.1) is 0 Å². The van der Waals surface area contributed by atoms with Gasteiger partial charge in [-0.05, 0) is 11.5 Å². The van der Waals surface area contributed by atoms with E-state index in [1.807, 2.05) is 17.8 Å². The lowest BCUT2D eigenvalue weighted by atomic mass is 10.1. The van der Waals surface area contributed by atoms with Gasteiger partial charge in [0.25, 0.3) is 0 Å². The van der Waals surface area contributed by atoms with Gasteiger partial charge in [-0.15, -0.1) is 0 Å². The number of rotatable bonds is 5. The van der Waals surface area contributed by atoms with E-state index < -0.39 is 0 Å². The van der Waals surface area contributed by atoms with Gasteiger partial charge in [-0.2, -0.15) is 11.8 Å². The monoisotopic (exact) mass is 237 g/mol. The van der Waals surface area contributed by atoms with E-state index in [0.29, 0.717) is 16.4 Å². The quantitative estimate of drug-likeness (QED) is 0.841. The highest BCUT2D eigenvalue weighted by molar-refractivity contribution is 8.00. The van der Waals surface area contributed by atoms with Gasteiger partial charge in [0.2, 0.25) is 0 Å². The Bertz CT molecular complexity index is 297. The van der Waals surface area contributed by atoms with Crippen molar-refractivity contribution in [1.82, 2.24) is 0 Å². The second-order valence-corrected chi connectivity index (χ2v) is 6.49. The van der Waals surface area contributed by atoms with Crippen LogP contribution >= 0.6 is 11.8 Å². The first kappa shape index (κ1) is 13.6. The predicted octanol–water partition coefficient (Wildman–Crippen LogP) is 3.85. The Labute approximate surface area is 104 Å². The lowest BCUT2D eigenvalue weighted by Crippen LogP contribution is -2.24. The van der Waals surface area contributed by atoms with E-state index in [1.54, 1.807) is 0 Å². The van der Waals surface area contributed by atoms with Gasteiger partial charge in [-0.25, -0.2) is 0 Å². The SMILES string of the molecule is CC(C)C(C)SC(C)C(N)c1ccccc1. The van der Waals surface area contributed by atoms with Gasteiger partial charge in [-0.3, -0.25) is 0 Å². The molecule has 3 unspecified atom stereocenters. The number of thioether (sulfide) groups is 1. The van der Waals surface area contributed by atoms with Crippen LogP contribution in [0.4, 0.5) is 0 Å². The Kier molecular flexibility index (Phi) is 5.36. The molecule has 1 nitrogen and oxygen atoms in total. The lowest BCUT2D eigenvalue weighted by Gasteiger charge is -2.25. The Morgan fingerprint density at radius 2 is 1.50 bits per heavy atom. The topological polar surface area (TPSA) is 26.0 Å². The van der Waals surface area contributed by atoms with Crippen molar-refractivity contribution in [3.8, 4) is 0 Å². The van der Waals surface area contributed by atoms with Crippen LogP contribution in [0.5, 0.6) is 0 Å². The summed E-state index contributed by atoms with van der Waals surface area (Å²) in [5.74, 6) is 0.704. The van der Waals surface area contributed by atoms with Crippen LogP contribution in [-0.2, 0) is 0 Å². The Hall–Kier alpha value is -0.470. The van der Waals surface area contributed by atoms with Gasteiger partial charge in [-0.1, -0.05) is 58.0 Å². The summed E-state index contributed by atoms with van der Waals surface area (Å²) in [6.45, 7) is 9.03. The zero-order valence-corrected chi connectivity index (χ0v) is 11.5. The maximum Gasteiger partial charge on any atom is 0.0412 e. The molecule has 0 aliphatic rings. The van der Waals surface area contributed by atoms with Crippen molar-refractivity contribution < 1.29 is 0 Å². The molecule has 0 spiro atoms. The molecular formula is C14H23NS. The molecular weight excluding hydrogens is 214 g/mol. The predicted molar refractivity (Wildman–Crippen MR) is 74.7 cm³/mol. The molecule has 3 atom stereocenters. The van der Waals surface area contributed by atoms with Gasteiger partial charge in [0, 0.05) is 16.5 Å². The molecule has 0 aromatic heterocycles. The second-order valence-electron chi connectivity index (χ2n) is 4.73. The summed E-state index contributed by atoms with van der Waals surface area (Å²) in [4.78, 5) is 0. The molecule has 1 aromatic rings. The fourth-order valence-electron chi connectivity index (χ4n) is 1.53. The summed E-state index contributed by atoms with van der Waals surface area (Å²) in [6, 6.07) is 10.5. The minimum atomic E-state index is 0.132. The van der Waals surface area contributed by atoms with Crippen LogP contribution in [-0.4, -0.2) is 10.5 Å². The minimum Gasteiger partial charge on any atom is -0.323 e. The highest BCUT2D eigenvalue weighted by atomic mass is 32.2. The fourth-order valence-corrected chi connectivity index (χ4v) is 2.84. The summed E-state index contributed by atoms with van der Waals surface area (Å²) in [6.07, 6.45) is 0. The van der Waals surface area contributed by atoms with Crippen LogP contribution in [0.2, 0.25) is 0 Å². The zero-order valence-electron chi connectivity index (χ0n) is 10.7. The smallest absolute Gasteiger partial charge is 0.0412 e. The van der Waals surface area contributed by atoms with Crippen molar-refractivity contribution in [1.29, 1.82) is 0 Å². The van der Waals surface area contributed by atoms with Gasteiger partial charge in [0.1, 0.15) is 0 Å². The highest BCUT2D eigenvalue weighted by Gasteiger charge is 2.19. The summed E-state index contributed by atoms with van der Waals surface area (Å²) in [5, 5.41) is 1.12. The first-order chi connectivity index (χ1) is 7.52. The van der Waals surface area contributed by atoms with Crippen LogP contribution < -0.4 is 5.73 Å². The number of hydrogen-bond donors (Lipinski definition) is 1. The fraction of sp³-hybridized carbons (Fsp3) is 0.571.